The highest BCUT2D eigenvalue weighted by Crippen LogP contribution is 2.55. The van der Waals surface area contributed by atoms with Gasteiger partial charge in [-0.15, -0.1) is 0 Å². The molecule has 0 saturated carbocycles. The van der Waals surface area contributed by atoms with Crippen LogP contribution in [0, 0.1) is 17.3 Å². The van der Waals surface area contributed by atoms with E-state index in [0.29, 0.717) is 10.6 Å². The zero-order chi connectivity index (χ0) is 33.2. The molecule has 0 N–H and O–H groups in total. The number of β-lactam (4-membered cyclic amide) rings is 1. The number of ether oxygens (including phenoxy) is 2. The van der Waals surface area contributed by atoms with Crippen molar-refractivity contribution in [2.75, 3.05) is 6.79 Å². The van der Waals surface area contributed by atoms with Crippen molar-refractivity contribution in [1.82, 2.24) is 4.90 Å². The molecule has 4 rings (SSSR count). The van der Waals surface area contributed by atoms with E-state index in [9.17, 15) is 18.9 Å². The molecule has 1 saturated heterocycles. The largest absolute Gasteiger partial charge is 0.439 e. The Morgan fingerprint density at radius 2 is 1.42 bits per heavy atom. The fourth-order valence-corrected chi connectivity index (χ4v) is 11.3. The van der Waals surface area contributed by atoms with Crippen molar-refractivity contribution in [2.24, 2.45) is 17.3 Å². The summed E-state index contributed by atoms with van der Waals surface area (Å²) in [6.07, 6.45) is -0.382. The summed E-state index contributed by atoms with van der Waals surface area (Å²) in [5, 5.41) is 0.891. The Morgan fingerprint density at radius 1 is 0.911 bits per heavy atom. The second-order valence-corrected chi connectivity index (χ2v) is 19.9. The average molecular weight is 656 g/mol. The van der Waals surface area contributed by atoms with Crippen LogP contribution in [-0.4, -0.2) is 50.0 Å². The van der Waals surface area contributed by atoms with Crippen LogP contribution in [0.4, 0.5) is 0 Å². The second-order valence-electron chi connectivity index (χ2n) is 12.8. The lowest BCUT2D eigenvalue weighted by atomic mass is 9.79. The normalized spacial score (nSPS) is 20.8. The number of nitrogens with zero attached hydrogens (tertiary/aromatic N) is 1. The van der Waals surface area contributed by atoms with E-state index in [1.54, 1.807) is 69.3 Å². The first kappa shape index (κ1) is 34.7. The highest BCUT2D eigenvalue weighted by Gasteiger charge is 2.62. The van der Waals surface area contributed by atoms with Crippen molar-refractivity contribution < 1.29 is 37.4 Å². The van der Waals surface area contributed by atoms with Gasteiger partial charge in [0.2, 0.25) is 12.7 Å². The zero-order valence-electron chi connectivity index (χ0n) is 27.6. The van der Waals surface area contributed by atoms with Gasteiger partial charge in [0.15, 0.2) is 14.0 Å². The molecule has 0 radical (unpaired) electrons. The first-order valence-electron chi connectivity index (χ1n) is 15.7. The summed E-state index contributed by atoms with van der Waals surface area (Å²) in [5.41, 5.74) is -0.916. The van der Waals surface area contributed by atoms with Crippen LogP contribution in [0.3, 0.4) is 0 Å². The van der Waals surface area contributed by atoms with Gasteiger partial charge in [-0.25, -0.2) is 4.79 Å². The molecule has 0 spiro atoms. The van der Waals surface area contributed by atoms with Crippen LogP contribution in [-0.2, 0) is 37.4 Å². The van der Waals surface area contributed by atoms with Crippen LogP contribution in [0.15, 0.2) is 72.1 Å². The predicted molar refractivity (Wildman–Crippen MR) is 175 cm³/mol. The van der Waals surface area contributed by atoms with Crippen molar-refractivity contribution in [3.63, 3.8) is 0 Å². The molecule has 2 aliphatic heterocycles. The van der Waals surface area contributed by atoms with Crippen LogP contribution in [0.1, 0.15) is 55.4 Å². The maximum Gasteiger partial charge on any atom is 0.361 e. The van der Waals surface area contributed by atoms with Crippen molar-refractivity contribution in [3.05, 3.63) is 72.1 Å². The number of rotatable bonds is 13. The Balaban J connectivity index is 1.74. The van der Waals surface area contributed by atoms with E-state index in [-0.39, 0.29) is 23.5 Å². The summed E-state index contributed by atoms with van der Waals surface area (Å²) in [5.74, 6) is -2.63. The maximum atomic E-state index is 14.9. The van der Waals surface area contributed by atoms with Gasteiger partial charge in [-0.3, -0.25) is 19.1 Å². The van der Waals surface area contributed by atoms with Gasteiger partial charge >= 0.3 is 19.3 Å². The number of carbonyl (C=O) groups is 3. The molecule has 0 unspecified atom stereocenters. The third-order valence-corrected chi connectivity index (χ3v) is 16.2. The van der Waals surface area contributed by atoms with E-state index in [1.807, 2.05) is 26.0 Å². The Morgan fingerprint density at radius 3 is 1.89 bits per heavy atom. The molecule has 2 aromatic carbocycles. The van der Waals surface area contributed by atoms with Crippen LogP contribution in [0.2, 0.25) is 18.1 Å². The molecular formula is C34H46NO8PSi. The Labute approximate surface area is 267 Å². The summed E-state index contributed by atoms with van der Waals surface area (Å²) in [6, 6.07) is 20.0. The quantitative estimate of drug-likeness (QED) is 0.0835. The van der Waals surface area contributed by atoms with Crippen LogP contribution in [0.5, 0.6) is 0 Å². The van der Waals surface area contributed by atoms with Gasteiger partial charge < -0.3 is 18.4 Å². The minimum atomic E-state index is -3.80. The SMILES string of the molecule is CC[Si](CC)(CC)O[C@H](C)[C@H]1C(=O)N2C(C(=O)OCOC(=O)C(C)(C)C)=C(OP(=O)(c3ccccc3)c3ccccc3)[C@H](C)[C@H]12. The number of carbonyl (C=O) groups excluding carboxylic acids is 3. The van der Waals surface area contributed by atoms with E-state index in [1.165, 1.54) is 4.90 Å². The molecule has 244 valence electrons. The number of hydrogen-bond acceptors (Lipinski definition) is 8. The van der Waals surface area contributed by atoms with E-state index in [2.05, 4.69) is 20.8 Å². The summed E-state index contributed by atoms with van der Waals surface area (Å²) >= 11 is 0. The monoisotopic (exact) mass is 655 g/mol. The van der Waals surface area contributed by atoms with Crippen LogP contribution in [0.25, 0.3) is 0 Å². The first-order valence-corrected chi connectivity index (χ1v) is 19.9. The van der Waals surface area contributed by atoms with E-state index < -0.39 is 57.7 Å². The van der Waals surface area contributed by atoms with Crippen molar-refractivity contribution in [3.8, 4) is 0 Å². The lowest BCUT2D eigenvalue weighted by Gasteiger charge is -2.49. The lowest BCUT2D eigenvalue weighted by Crippen LogP contribution is -2.65. The van der Waals surface area contributed by atoms with Gasteiger partial charge in [-0.1, -0.05) is 64.1 Å². The number of esters is 2. The molecule has 2 heterocycles. The highest BCUT2D eigenvalue weighted by atomic mass is 31.2. The molecule has 2 aromatic rings. The van der Waals surface area contributed by atoms with Crippen LogP contribution >= 0.6 is 7.37 Å². The maximum absolute atomic E-state index is 14.9. The van der Waals surface area contributed by atoms with Crippen LogP contribution < -0.4 is 10.6 Å². The average Bonchev–Trinajstić information content (AvgIpc) is 3.27. The summed E-state index contributed by atoms with van der Waals surface area (Å²) < 4.78 is 38.7. The zero-order valence-corrected chi connectivity index (χ0v) is 29.5. The van der Waals surface area contributed by atoms with Gasteiger partial charge in [0.25, 0.3) is 0 Å². The van der Waals surface area contributed by atoms with Gasteiger partial charge in [-0.2, -0.15) is 0 Å². The Hall–Kier alpha value is -3.20. The Bertz CT molecular complexity index is 1420. The molecule has 2 aliphatic rings. The fraction of sp³-hybridized carbons (Fsp3) is 0.500. The molecule has 11 heteroatoms. The van der Waals surface area contributed by atoms with Crippen molar-refractivity contribution in [1.29, 1.82) is 0 Å². The summed E-state index contributed by atoms with van der Waals surface area (Å²) in [4.78, 5) is 41.3. The smallest absolute Gasteiger partial charge is 0.361 e. The second kappa shape index (κ2) is 13.7. The minimum absolute atomic E-state index is 0.108. The minimum Gasteiger partial charge on any atom is -0.439 e. The third-order valence-electron chi connectivity index (χ3n) is 9.07. The standard InChI is InChI=1S/C34H46NO8PSi/c1-9-45(10-2,11-3)43-24(5)27-28-23(4)30(29(35(28)31(27)36)32(37)40-22-41-33(38)34(6,7)8)42-44(39,25-18-14-12-15-19-25)26-20-16-13-17-21-26/h12-21,23-24,27-28H,9-11,22H2,1-8H3/t23-,24-,27-,28-/m1/s1. The molecule has 4 atom stereocenters. The summed E-state index contributed by atoms with van der Waals surface area (Å²) in [7, 11) is -5.85. The van der Waals surface area contributed by atoms with E-state index in [0.717, 1.165) is 18.1 Å². The topological polar surface area (TPSA) is 108 Å². The molecule has 0 bridgehead atoms. The summed E-state index contributed by atoms with van der Waals surface area (Å²) in [6.45, 7) is 14.6. The molecule has 1 fully saturated rings. The van der Waals surface area contributed by atoms with Crippen molar-refractivity contribution >= 4 is 44.1 Å². The highest BCUT2D eigenvalue weighted by molar-refractivity contribution is 7.74. The fourth-order valence-electron chi connectivity index (χ4n) is 6.15. The predicted octanol–water partition coefficient (Wildman–Crippen LogP) is 6.12. The van der Waals surface area contributed by atoms with Gasteiger partial charge in [0, 0.05) is 5.92 Å². The van der Waals surface area contributed by atoms with Gasteiger partial charge in [0.05, 0.1) is 34.1 Å². The van der Waals surface area contributed by atoms with Crippen molar-refractivity contribution in [2.45, 2.75) is 85.7 Å². The first-order chi connectivity index (χ1) is 21.2. The van der Waals surface area contributed by atoms with E-state index >= 15 is 0 Å². The third kappa shape index (κ3) is 6.69. The number of amides is 1. The number of hydrogen-bond donors (Lipinski definition) is 0. The molecular weight excluding hydrogens is 609 g/mol. The molecule has 0 aromatic heterocycles. The molecule has 1 amide bonds. The Kier molecular flexibility index (Phi) is 10.5. The molecule has 0 aliphatic carbocycles. The molecule has 45 heavy (non-hydrogen) atoms. The number of benzene rings is 2. The van der Waals surface area contributed by atoms with E-state index in [4.69, 9.17) is 18.4 Å². The van der Waals surface area contributed by atoms with Gasteiger partial charge in [0.1, 0.15) is 5.76 Å². The molecule has 9 nitrogen and oxygen atoms in total. The lowest BCUT2D eigenvalue weighted by molar-refractivity contribution is -0.175. The number of fused-ring (bicyclic) bond motifs is 1. The van der Waals surface area contributed by atoms with Gasteiger partial charge in [-0.05, 0) is 70.1 Å².